The lowest BCUT2D eigenvalue weighted by Gasteiger charge is -2.32. The van der Waals surface area contributed by atoms with Crippen LogP contribution in [0.4, 0.5) is 5.69 Å². The van der Waals surface area contributed by atoms with Crippen molar-refractivity contribution in [1.82, 2.24) is 9.80 Å². The van der Waals surface area contributed by atoms with Crippen LogP contribution in [0.3, 0.4) is 0 Å². The van der Waals surface area contributed by atoms with Crippen molar-refractivity contribution in [3.8, 4) is 5.75 Å². The van der Waals surface area contributed by atoms with E-state index in [9.17, 15) is 4.79 Å². The first-order valence-corrected chi connectivity index (χ1v) is 10.6. The Morgan fingerprint density at radius 1 is 1.03 bits per heavy atom. The predicted octanol–water partition coefficient (Wildman–Crippen LogP) is 3.64. The van der Waals surface area contributed by atoms with Gasteiger partial charge in [0.05, 0.1) is 13.2 Å². The topological polar surface area (TPSA) is 36.0 Å². The Morgan fingerprint density at radius 3 is 2.41 bits per heavy atom. The van der Waals surface area contributed by atoms with Crippen molar-refractivity contribution in [3.63, 3.8) is 0 Å². The molecule has 1 aliphatic heterocycles. The van der Waals surface area contributed by atoms with E-state index in [0.717, 1.165) is 44.9 Å². The molecule has 156 valence electrons. The summed E-state index contributed by atoms with van der Waals surface area (Å²) < 4.78 is 5.26. The molecule has 29 heavy (non-hydrogen) atoms. The van der Waals surface area contributed by atoms with E-state index in [1.54, 1.807) is 7.11 Å². The highest BCUT2D eigenvalue weighted by atomic mass is 16.5. The van der Waals surface area contributed by atoms with Gasteiger partial charge in [-0.05, 0) is 50.1 Å². The molecule has 0 aliphatic carbocycles. The molecule has 1 fully saturated rings. The Morgan fingerprint density at radius 2 is 1.76 bits per heavy atom. The molecule has 1 heterocycles. The number of rotatable bonds is 7. The van der Waals surface area contributed by atoms with Gasteiger partial charge in [0.25, 0.3) is 0 Å². The maximum absolute atomic E-state index is 13.2. The van der Waals surface area contributed by atoms with Gasteiger partial charge in [-0.2, -0.15) is 0 Å². The van der Waals surface area contributed by atoms with E-state index in [2.05, 4.69) is 47.9 Å². The minimum absolute atomic E-state index is 0.102. The number of hydrogen-bond donors (Lipinski definition) is 0. The molecule has 0 N–H and O–H groups in total. The molecule has 0 radical (unpaired) electrons. The van der Waals surface area contributed by atoms with E-state index in [-0.39, 0.29) is 11.9 Å². The van der Waals surface area contributed by atoms with Gasteiger partial charge < -0.3 is 14.5 Å². The van der Waals surface area contributed by atoms with Crippen molar-refractivity contribution in [2.24, 2.45) is 0 Å². The minimum atomic E-state index is -0.102. The third-order valence-electron chi connectivity index (χ3n) is 5.78. The molecule has 1 saturated heterocycles. The number of methoxy groups -OCH3 is 1. The molecule has 1 unspecified atom stereocenters. The number of ether oxygens (including phenoxy) is 1. The summed E-state index contributed by atoms with van der Waals surface area (Å²) in [5.41, 5.74) is 2.39. The lowest BCUT2D eigenvalue weighted by molar-refractivity contribution is -0.136. The SMILES string of the molecule is CCN(Cc1ccccc1)C(=O)C(C)N1CCCN(c2ccc(OC)cc2)CC1. The summed E-state index contributed by atoms with van der Waals surface area (Å²) in [5, 5.41) is 0. The van der Waals surface area contributed by atoms with Gasteiger partial charge in [-0.25, -0.2) is 0 Å². The second kappa shape index (κ2) is 10.3. The van der Waals surface area contributed by atoms with Gasteiger partial charge in [-0.1, -0.05) is 30.3 Å². The number of carbonyl (C=O) groups excluding carboxylic acids is 1. The van der Waals surface area contributed by atoms with E-state index in [1.807, 2.05) is 35.2 Å². The Kier molecular flexibility index (Phi) is 7.53. The van der Waals surface area contributed by atoms with E-state index in [4.69, 9.17) is 4.74 Å². The van der Waals surface area contributed by atoms with Crippen molar-refractivity contribution in [3.05, 3.63) is 60.2 Å². The van der Waals surface area contributed by atoms with E-state index < -0.39 is 0 Å². The molecular formula is C24H33N3O2. The third kappa shape index (κ3) is 5.51. The monoisotopic (exact) mass is 395 g/mol. The van der Waals surface area contributed by atoms with Crippen LogP contribution in [0.25, 0.3) is 0 Å². The number of anilines is 1. The first-order chi connectivity index (χ1) is 14.1. The van der Waals surface area contributed by atoms with Crippen LogP contribution in [-0.2, 0) is 11.3 Å². The van der Waals surface area contributed by atoms with Crippen LogP contribution in [0.2, 0.25) is 0 Å². The van der Waals surface area contributed by atoms with Crippen LogP contribution >= 0.6 is 0 Å². The van der Waals surface area contributed by atoms with E-state index in [0.29, 0.717) is 6.54 Å². The molecule has 5 heteroatoms. The van der Waals surface area contributed by atoms with Crippen molar-refractivity contribution < 1.29 is 9.53 Å². The maximum Gasteiger partial charge on any atom is 0.239 e. The molecule has 0 aromatic heterocycles. The van der Waals surface area contributed by atoms with E-state index in [1.165, 1.54) is 11.3 Å². The number of likely N-dealkylation sites (N-methyl/N-ethyl adjacent to an activating group) is 1. The molecule has 2 aromatic rings. The summed E-state index contributed by atoms with van der Waals surface area (Å²) in [6.45, 7) is 9.28. The molecule has 1 aliphatic rings. The minimum Gasteiger partial charge on any atom is -0.497 e. The summed E-state index contributed by atoms with van der Waals surface area (Å²) in [7, 11) is 1.69. The standard InChI is InChI=1S/C24H33N3O2/c1-4-25(19-21-9-6-5-7-10-21)24(28)20(2)26-15-8-16-27(18-17-26)22-11-13-23(29-3)14-12-22/h5-7,9-14,20H,4,8,15-19H2,1-3H3. The van der Waals surface area contributed by atoms with Gasteiger partial charge in [0, 0.05) is 45.0 Å². The molecular weight excluding hydrogens is 362 g/mol. The fourth-order valence-electron chi connectivity index (χ4n) is 3.95. The quantitative estimate of drug-likeness (QED) is 0.717. The largest absolute Gasteiger partial charge is 0.497 e. The zero-order valence-electron chi connectivity index (χ0n) is 17.9. The van der Waals surface area contributed by atoms with Crippen molar-refractivity contribution in [1.29, 1.82) is 0 Å². The van der Waals surface area contributed by atoms with Crippen LogP contribution in [0, 0.1) is 0 Å². The fourth-order valence-corrected chi connectivity index (χ4v) is 3.95. The lowest BCUT2D eigenvalue weighted by atomic mass is 10.1. The van der Waals surface area contributed by atoms with E-state index >= 15 is 0 Å². The molecule has 0 saturated carbocycles. The lowest BCUT2D eigenvalue weighted by Crippen LogP contribution is -2.48. The normalized spacial score (nSPS) is 16.2. The number of benzene rings is 2. The third-order valence-corrected chi connectivity index (χ3v) is 5.78. The van der Waals surface area contributed by atoms with Crippen molar-refractivity contribution in [2.75, 3.05) is 44.7 Å². The second-order valence-electron chi connectivity index (χ2n) is 7.59. The van der Waals surface area contributed by atoms with Crippen LogP contribution < -0.4 is 9.64 Å². The van der Waals surface area contributed by atoms with Gasteiger partial charge in [0.2, 0.25) is 5.91 Å². The summed E-state index contributed by atoms with van der Waals surface area (Å²) >= 11 is 0. The van der Waals surface area contributed by atoms with Crippen LogP contribution in [0.1, 0.15) is 25.8 Å². The molecule has 1 atom stereocenters. The van der Waals surface area contributed by atoms with Crippen molar-refractivity contribution in [2.45, 2.75) is 32.9 Å². The van der Waals surface area contributed by atoms with Gasteiger partial charge in [0.1, 0.15) is 5.75 Å². The van der Waals surface area contributed by atoms with Gasteiger partial charge >= 0.3 is 0 Å². The number of amides is 1. The van der Waals surface area contributed by atoms with Crippen LogP contribution in [-0.4, -0.2) is 61.6 Å². The Balaban J connectivity index is 1.60. The first-order valence-electron chi connectivity index (χ1n) is 10.6. The fraction of sp³-hybridized carbons (Fsp3) is 0.458. The Bertz CT molecular complexity index is 763. The molecule has 2 aromatic carbocycles. The smallest absolute Gasteiger partial charge is 0.239 e. The maximum atomic E-state index is 13.2. The van der Waals surface area contributed by atoms with Crippen molar-refractivity contribution >= 4 is 11.6 Å². The molecule has 1 amide bonds. The molecule has 3 rings (SSSR count). The second-order valence-corrected chi connectivity index (χ2v) is 7.59. The Labute approximate surface area is 174 Å². The zero-order valence-corrected chi connectivity index (χ0v) is 17.9. The highest BCUT2D eigenvalue weighted by molar-refractivity contribution is 5.81. The summed E-state index contributed by atoms with van der Waals surface area (Å²) in [6.07, 6.45) is 1.05. The number of carbonyl (C=O) groups is 1. The highest BCUT2D eigenvalue weighted by Gasteiger charge is 2.27. The average Bonchev–Trinajstić information content (AvgIpc) is 3.03. The average molecular weight is 396 g/mol. The summed E-state index contributed by atoms with van der Waals surface area (Å²) in [5.74, 6) is 1.09. The van der Waals surface area contributed by atoms with Crippen LogP contribution in [0.15, 0.2) is 54.6 Å². The Hall–Kier alpha value is -2.53. The molecule has 5 nitrogen and oxygen atoms in total. The predicted molar refractivity (Wildman–Crippen MR) is 118 cm³/mol. The van der Waals surface area contributed by atoms with Gasteiger partial charge in [-0.3, -0.25) is 9.69 Å². The first kappa shape index (κ1) is 21.2. The number of hydrogen-bond acceptors (Lipinski definition) is 4. The summed E-state index contributed by atoms with van der Waals surface area (Å²) in [4.78, 5) is 19.9. The van der Waals surface area contributed by atoms with Gasteiger partial charge in [-0.15, -0.1) is 0 Å². The highest BCUT2D eigenvalue weighted by Crippen LogP contribution is 2.21. The van der Waals surface area contributed by atoms with Gasteiger partial charge in [0.15, 0.2) is 0 Å². The zero-order chi connectivity index (χ0) is 20.6. The van der Waals surface area contributed by atoms with Crippen LogP contribution in [0.5, 0.6) is 5.75 Å². The molecule has 0 spiro atoms. The summed E-state index contributed by atoms with van der Waals surface area (Å²) in [6, 6.07) is 18.4. The number of nitrogens with zero attached hydrogens (tertiary/aromatic N) is 3. The molecule has 0 bridgehead atoms.